The van der Waals surface area contributed by atoms with E-state index in [1.165, 1.54) is 60.5 Å². The molecule has 6 heterocycles. The minimum absolute atomic E-state index is 0.812. The third kappa shape index (κ3) is 6.10. The number of benzene rings is 12. The number of nitrogens with zero attached hydrogens (tertiary/aromatic N) is 2. The third-order valence-corrected chi connectivity index (χ3v) is 19.6. The van der Waals surface area contributed by atoms with Crippen LogP contribution in [-0.4, -0.2) is 0 Å². The lowest BCUT2D eigenvalue weighted by atomic mass is 10.0. The summed E-state index contributed by atoms with van der Waals surface area (Å²) in [5.74, 6) is 0. The maximum atomic E-state index is 6.93. The molecule has 78 heavy (non-hydrogen) atoms. The van der Waals surface area contributed by atoms with Crippen LogP contribution in [0.4, 0.5) is 34.1 Å². The van der Waals surface area contributed by atoms with Crippen LogP contribution in [-0.2, 0) is 0 Å². The molecule has 0 unspecified atom stereocenters. The Labute approximate surface area is 455 Å². The summed E-state index contributed by atoms with van der Waals surface area (Å²) in [6.45, 7) is 0. The van der Waals surface area contributed by atoms with Crippen LogP contribution in [0.1, 0.15) is 0 Å². The summed E-state index contributed by atoms with van der Waals surface area (Å²) >= 11 is 5.53. The quantitative estimate of drug-likeness (QED) is 0.166. The normalized spacial score (nSPS) is 12.4. The largest absolute Gasteiger partial charge is 0.456 e. The van der Waals surface area contributed by atoms with Crippen LogP contribution in [0.15, 0.2) is 244 Å². The van der Waals surface area contributed by atoms with E-state index in [9.17, 15) is 0 Å². The van der Waals surface area contributed by atoms with E-state index < -0.39 is 0 Å². The van der Waals surface area contributed by atoms with E-state index in [0.29, 0.717) is 0 Å². The second-order valence-corrected chi connectivity index (χ2v) is 23.4. The van der Waals surface area contributed by atoms with Crippen LogP contribution in [0.3, 0.4) is 0 Å². The van der Waals surface area contributed by atoms with E-state index in [4.69, 9.17) is 13.3 Å². The Kier molecular flexibility index (Phi) is 8.80. The fourth-order valence-corrected chi connectivity index (χ4v) is 16.1. The highest BCUT2D eigenvalue weighted by atomic mass is 32.1. The molecule has 0 aliphatic heterocycles. The van der Waals surface area contributed by atoms with E-state index >= 15 is 0 Å². The second-order valence-electron chi connectivity index (χ2n) is 20.3. The zero-order valence-electron chi connectivity index (χ0n) is 41.3. The van der Waals surface area contributed by atoms with Crippen molar-refractivity contribution in [3.05, 3.63) is 231 Å². The molecule has 12 aromatic carbocycles. The molecule has 0 N–H and O–H groups in total. The molecule has 0 saturated heterocycles. The number of para-hydroxylation sites is 2. The highest BCUT2D eigenvalue weighted by Crippen LogP contribution is 2.52. The summed E-state index contributed by atoms with van der Waals surface area (Å²) in [7, 11) is 0. The lowest BCUT2D eigenvalue weighted by molar-refractivity contribution is 0.667. The topological polar surface area (TPSA) is 45.9 Å². The molecule has 0 amide bonds. The van der Waals surface area contributed by atoms with Gasteiger partial charge in [0.15, 0.2) is 5.58 Å². The molecular weight excluding hydrogens is 1010 g/mol. The second kappa shape index (κ2) is 16.0. The number of fused-ring (bicyclic) bond motifs is 19. The Morgan fingerprint density at radius 1 is 0.244 bits per heavy atom. The van der Waals surface area contributed by atoms with Crippen molar-refractivity contribution in [1.29, 1.82) is 0 Å². The van der Waals surface area contributed by atoms with Gasteiger partial charge in [0.25, 0.3) is 0 Å². The van der Waals surface area contributed by atoms with Gasteiger partial charge in [0, 0.05) is 96.6 Å². The molecule has 8 heteroatoms. The van der Waals surface area contributed by atoms with Crippen molar-refractivity contribution in [2.45, 2.75) is 0 Å². The minimum Gasteiger partial charge on any atom is -0.456 e. The summed E-state index contributed by atoms with van der Waals surface area (Å²) in [5.41, 5.74) is 11.4. The summed E-state index contributed by atoms with van der Waals surface area (Å²) < 4.78 is 28.1. The molecule has 0 atom stereocenters. The number of hydrogen-bond donors (Lipinski definition) is 0. The zero-order valence-corrected chi connectivity index (χ0v) is 43.7. The predicted octanol–water partition coefficient (Wildman–Crippen LogP) is 22.6. The molecule has 364 valence electrons. The lowest BCUT2D eigenvalue weighted by Gasteiger charge is -2.26. The first-order valence-electron chi connectivity index (χ1n) is 26.1. The van der Waals surface area contributed by atoms with Crippen LogP contribution in [0, 0.1) is 0 Å². The SMILES string of the molecule is c1ccc2c(c1)oc1c(N(c3ccc4c(c3)oc3cc5cc6oc7cc(N(c8cccc9c8sc8ccccc89)c8cccc9c8sc8ccccc89)ccc7c6cc5cc34)c3cccc4c3sc3ccccc34)cccc12. The molecule has 6 aromatic heterocycles. The van der Waals surface area contributed by atoms with Crippen molar-refractivity contribution in [2.24, 2.45) is 0 Å². The first-order chi connectivity index (χ1) is 38.6. The summed E-state index contributed by atoms with van der Waals surface area (Å²) in [6.07, 6.45) is 0. The zero-order chi connectivity index (χ0) is 50.7. The first kappa shape index (κ1) is 42.7. The molecule has 0 bridgehead atoms. The Balaban J connectivity index is 0.786. The lowest BCUT2D eigenvalue weighted by Crippen LogP contribution is -2.10. The van der Waals surface area contributed by atoms with E-state index in [0.717, 1.165) is 111 Å². The number of anilines is 6. The molecule has 0 aliphatic carbocycles. The molecule has 18 aromatic rings. The van der Waals surface area contributed by atoms with Gasteiger partial charge in [-0.1, -0.05) is 121 Å². The minimum atomic E-state index is 0.812. The van der Waals surface area contributed by atoms with Crippen molar-refractivity contribution >= 4 is 205 Å². The van der Waals surface area contributed by atoms with Crippen LogP contribution in [0.2, 0.25) is 0 Å². The number of rotatable bonds is 6. The van der Waals surface area contributed by atoms with Gasteiger partial charge in [-0.2, -0.15) is 0 Å². The van der Waals surface area contributed by atoms with E-state index in [1.807, 2.05) is 46.1 Å². The van der Waals surface area contributed by atoms with Crippen molar-refractivity contribution in [2.75, 3.05) is 9.80 Å². The molecule has 0 radical (unpaired) electrons. The van der Waals surface area contributed by atoms with Crippen molar-refractivity contribution in [1.82, 2.24) is 0 Å². The average molecular weight is 1050 g/mol. The van der Waals surface area contributed by atoms with Crippen molar-refractivity contribution in [3.63, 3.8) is 0 Å². The highest BCUT2D eigenvalue weighted by Gasteiger charge is 2.26. The van der Waals surface area contributed by atoms with Gasteiger partial charge in [-0.3, -0.25) is 0 Å². The third-order valence-electron chi connectivity index (χ3n) is 16.0. The molecule has 5 nitrogen and oxygen atoms in total. The smallest absolute Gasteiger partial charge is 0.159 e. The Morgan fingerprint density at radius 2 is 0.615 bits per heavy atom. The van der Waals surface area contributed by atoms with E-state index in [2.05, 4.69) is 228 Å². The summed E-state index contributed by atoms with van der Waals surface area (Å²) in [5, 5.41) is 16.2. The number of hydrogen-bond acceptors (Lipinski definition) is 8. The molecule has 0 aliphatic rings. The summed E-state index contributed by atoms with van der Waals surface area (Å²) in [4.78, 5) is 4.80. The van der Waals surface area contributed by atoms with Gasteiger partial charge in [0.05, 0.1) is 42.5 Å². The van der Waals surface area contributed by atoms with Crippen molar-refractivity contribution < 1.29 is 13.3 Å². The van der Waals surface area contributed by atoms with Gasteiger partial charge < -0.3 is 23.1 Å². The van der Waals surface area contributed by atoms with Crippen LogP contribution in [0.25, 0.3) is 137 Å². The number of furan rings is 3. The van der Waals surface area contributed by atoms with Crippen LogP contribution in [0.5, 0.6) is 0 Å². The molecule has 0 spiro atoms. The molecule has 0 saturated carbocycles. The molecular formula is C70H38N2O3S3. The summed E-state index contributed by atoms with van der Waals surface area (Å²) in [6, 6.07) is 83.3. The fourth-order valence-electron chi connectivity index (χ4n) is 12.5. The predicted molar refractivity (Wildman–Crippen MR) is 334 cm³/mol. The fraction of sp³-hybridized carbons (Fsp3) is 0. The average Bonchev–Trinajstić information content (AvgIpc) is 4.39. The molecule has 18 rings (SSSR count). The highest BCUT2D eigenvalue weighted by molar-refractivity contribution is 7.27. The van der Waals surface area contributed by atoms with Crippen LogP contribution >= 0.6 is 34.0 Å². The molecule has 0 fully saturated rings. The Bertz CT molecular complexity index is 5010. The number of thiophene rings is 3. The maximum Gasteiger partial charge on any atom is 0.159 e. The van der Waals surface area contributed by atoms with Gasteiger partial charge in [0.1, 0.15) is 27.9 Å². The van der Waals surface area contributed by atoms with Gasteiger partial charge in [-0.05, 0) is 108 Å². The first-order valence-corrected chi connectivity index (χ1v) is 28.6. The van der Waals surface area contributed by atoms with Gasteiger partial charge in [-0.25, -0.2) is 0 Å². The van der Waals surface area contributed by atoms with E-state index in [1.54, 1.807) is 0 Å². The van der Waals surface area contributed by atoms with E-state index in [-0.39, 0.29) is 0 Å². The Hall–Kier alpha value is -9.44. The van der Waals surface area contributed by atoms with Gasteiger partial charge in [0.2, 0.25) is 0 Å². The van der Waals surface area contributed by atoms with Crippen LogP contribution < -0.4 is 9.80 Å². The standard InChI is InChI=1S/C70H38N2O3S3/c1-5-25-59-43(13-1)49-17-9-21-55(67(49)75-59)71(56-22-10-18-50-46-14-2-6-26-64(46)76-68(50)56)41-29-31-44-53-33-39-34-54-45-32-30-42(38-63(45)74-61(54)36-40(39)35-60(53)73-62(44)37-41)72(57-23-11-19-51-47-15-3-7-27-65(47)77-69(51)57)58-24-12-20-52-48-16-4-8-28-66(48)78-70(52)58/h1-38H. The van der Waals surface area contributed by atoms with Gasteiger partial charge >= 0.3 is 0 Å². The van der Waals surface area contributed by atoms with Crippen molar-refractivity contribution in [3.8, 4) is 0 Å². The Morgan fingerprint density at radius 3 is 1.12 bits per heavy atom. The van der Waals surface area contributed by atoms with Gasteiger partial charge in [-0.15, -0.1) is 34.0 Å². The monoisotopic (exact) mass is 1050 g/mol. The maximum absolute atomic E-state index is 6.93.